The van der Waals surface area contributed by atoms with Crippen LogP contribution >= 0.6 is 7.82 Å². The maximum Gasteiger partial charge on any atom is 0.472 e. The molecule has 0 aliphatic rings. The molecule has 0 fully saturated rings. The molecular formula is C75H134N2O7P+. The van der Waals surface area contributed by atoms with Gasteiger partial charge in [0.05, 0.1) is 33.8 Å². The molecule has 0 bridgehead atoms. The number of rotatable bonds is 63. The quantitative estimate of drug-likeness (QED) is 0.0205. The Hall–Kier alpha value is -3.33. The van der Waals surface area contributed by atoms with Crippen molar-refractivity contribution in [2.45, 2.75) is 315 Å². The average Bonchev–Trinajstić information content (AvgIpc) is 3.50. The van der Waals surface area contributed by atoms with Crippen LogP contribution < -0.4 is 5.32 Å². The number of nitrogens with one attached hydrogen (secondary N) is 1. The Balaban J connectivity index is 5.13. The van der Waals surface area contributed by atoms with Gasteiger partial charge in [-0.1, -0.05) is 285 Å². The van der Waals surface area contributed by atoms with Crippen molar-refractivity contribution in [3.63, 3.8) is 0 Å². The molecule has 0 aliphatic carbocycles. The molecule has 490 valence electrons. The van der Waals surface area contributed by atoms with Crippen molar-refractivity contribution < 1.29 is 37.3 Å². The lowest BCUT2D eigenvalue weighted by Gasteiger charge is -2.27. The summed E-state index contributed by atoms with van der Waals surface area (Å²) in [7, 11) is 1.47. The number of esters is 1. The van der Waals surface area contributed by atoms with Gasteiger partial charge >= 0.3 is 13.8 Å². The van der Waals surface area contributed by atoms with E-state index in [0.717, 1.165) is 103 Å². The molecule has 0 rings (SSSR count). The van der Waals surface area contributed by atoms with Crippen molar-refractivity contribution in [2.75, 3.05) is 40.9 Å². The van der Waals surface area contributed by atoms with E-state index in [0.29, 0.717) is 23.9 Å². The first kappa shape index (κ1) is 81.7. The third-order valence-corrected chi connectivity index (χ3v) is 16.2. The molecule has 1 amide bonds. The van der Waals surface area contributed by atoms with E-state index in [9.17, 15) is 19.0 Å². The average molecular weight is 1210 g/mol. The third kappa shape index (κ3) is 65.0. The fourth-order valence-corrected chi connectivity index (χ4v) is 10.5. The highest BCUT2D eigenvalue weighted by molar-refractivity contribution is 7.47. The molecular weight excluding hydrogens is 1070 g/mol. The summed E-state index contributed by atoms with van der Waals surface area (Å²) in [4.78, 5) is 37.9. The van der Waals surface area contributed by atoms with Crippen molar-refractivity contribution in [1.29, 1.82) is 0 Å². The minimum absolute atomic E-state index is 0.0302. The SMILES string of the molecule is CC/C=C\C/C=C\C/C=C\C/C=C\C/C=C\CCCCCC(=O)OC(/C=C\CCCCCCCCCCCCC)C(COP(=O)(O)OCC[N+](C)(C)C)NC(=O)CCCCCCCCCCCCCCCC/C=C\C/C=C\C/C=C\CCCCC. The number of hydrogen-bond acceptors (Lipinski definition) is 6. The summed E-state index contributed by atoms with van der Waals surface area (Å²) in [5.74, 6) is -0.542. The highest BCUT2D eigenvalue weighted by atomic mass is 31.2. The minimum atomic E-state index is -4.47. The van der Waals surface area contributed by atoms with Crippen molar-refractivity contribution in [2.24, 2.45) is 0 Å². The summed E-state index contributed by atoms with van der Waals surface area (Å²) in [6.07, 6.45) is 88.1. The first-order valence-electron chi connectivity index (χ1n) is 35.2. The van der Waals surface area contributed by atoms with Gasteiger partial charge in [-0.3, -0.25) is 18.6 Å². The molecule has 0 aromatic carbocycles. The van der Waals surface area contributed by atoms with Gasteiger partial charge in [-0.15, -0.1) is 0 Å². The van der Waals surface area contributed by atoms with Gasteiger partial charge in [0.2, 0.25) is 5.91 Å². The number of ether oxygens (including phenoxy) is 1. The van der Waals surface area contributed by atoms with Gasteiger partial charge in [-0.05, 0) is 115 Å². The van der Waals surface area contributed by atoms with Gasteiger partial charge in [-0.2, -0.15) is 0 Å². The third-order valence-electron chi connectivity index (χ3n) is 15.2. The molecule has 0 aromatic heterocycles. The Morgan fingerprint density at radius 1 is 0.424 bits per heavy atom. The molecule has 3 atom stereocenters. The lowest BCUT2D eigenvalue weighted by atomic mass is 10.0. The van der Waals surface area contributed by atoms with Gasteiger partial charge in [0.1, 0.15) is 19.3 Å². The van der Waals surface area contributed by atoms with Crippen LogP contribution in [0.25, 0.3) is 0 Å². The van der Waals surface area contributed by atoms with Crippen molar-refractivity contribution in [3.8, 4) is 0 Å². The zero-order valence-electron chi connectivity index (χ0n) is 56.1. The van der Waals surface area contributed by atoms with E-state index in [1.165, 1.54) is 161 Å². The Bertz CT molecular complexity index is 1820. The minimum Gasteiger partial charge on any atom is -0.456 e. The van der Waals surface area contributed by atoms with Crippen LogP contribution in [0, 0.1) is 0 Å². The first-order valence-corrected chi connectivity index (χ1v) is 36.7. The van der Waals surface area contributed by atoms with Crippen LogP contribution in [-0.4, -0.2) is 74.3 Å². The second kappa shape index (κ2) is 63.7. The second-order valence-electron chi connectivity index (χ2n) is 24.7. The molecule has 10 heteroatoms. The van der Waals surface area contributed by atoms with Gasteiger partial charge in [-0.25, -0.2) is 4.57 Å². The maximum absolute atomic E-state index is 13.6. The number of phosphoric acid groups is 1. The molecule has 0 aromatic rings. The number of unbranched alkanes of at least 4 members (excludes halogenated alkanes) is 31. The van der Waals surface area contributed by atoms with E-state index in [1.807, 2.05) is 33.3 Å². The lowest BCUT2D eigenvalue weighted by molar-refractivity contribution is -0.870. The van der Waals surface area contributed by atoms with Crippen molar-refractivity contribution in [1.82, 2.24) is 5.32 Å². The number of carbonyl (C=O) groups is 2. The van der Waals surface area contributed by atoms with Crippen LogP contribution in [-0.2, 0) is 27.9 Å². The summed E-state index contributed by atoms with van der Waals surface area (Å²) in [6.45, 7) is 6.87. The van der Waals surface area contributed by atoms with Crippen LogP contribution in [0.2, 0.25) is 0 Å². The van der Waals surface area contributed by atoms with Crippen molar-refractivity contribution in [3.05, 3.63) is 109 Å². The number of nitrogens with zero attached hydrogens (tertiary/aromatic N) is 1. The Morgan fingerprint density at radius 2 is 0.753 bits per heavy atom. The monoisotopic (exact) mass is 1210 g/mol. The van der Waals surface area contributed by atoms with Gasteiger partial charge in [0.25, 0.3) is 0 Å². The number of amides is 1. The van der Waals surface area contributed by atoms with Crippen molar-refractivity contribution >= 4 is 19.7 Å². The standard InChI is InChI=1S/C75H133N2O7P/c1-7-10-13-16-19-22-25-28-30-32-34-35-36-37-38-39-40-41-43-44-46-49-52-55-58-61-64-67-74(78)76-72(71-83-85(80,81)82-70-69-77(4,5)6)73(66-63-60-57-54-51-48-27-24-21-18-15-12-9-3)84-75(79)68-65-62-59-56-53-50-47-45-42-33-31-29-26-23-20-17-14-11-8-2/h11,14,19-20,22-23,28-31,34-35,42,45,50,53,63,66,72-73H,7-10,12-13,15-18,21,24-27,32-33,36-41,43-44,46-49,51-52,54-62,64-65,67-71H2,1-6H3,(H-,76,78,80,81)/p+1/b14-11-,22-19-,23-20-,30-28-,31-29-,35-34-,45-42-,53-50-,66-63-. The van der Waals surface area contributed by atoms with Crippen LogP contribution in [0.4, 0.5) is 0 Å². The largest absolute Gasteiger partial charge is 0.472 e. The van der Waals surface area contributed by atoms with Crippen LogP contribution in [0.3, 0.4) is 0 Å². The fraction of sp³-hybridized carbons (Fsp3) is 0.733. The molecule has 0 heterocycles. The Kier molecular flexibility index (Phi) is 61.2. The summed E-state index contributed by atoms with van der Waals surface area (Å²) >= 11 is 0. The normalized spacial score (nSPS) is 14.2. The van der Waals surface area contributed by atoms with Crippen LogP contribution in [0.1, 0.15) is 303 Å². The van der Waals surface area contributed by atoms with Gasteiger partial charge in [0, 0.05) is 12.8 Å². The Labute approximate surface area is 525 Å². The number of likely N-dealkylation sites (N-methyl/N-ethyl adjacent to an activating group) is 1. The van der Waals surface area contributed by atoms with E-state index >= 15 is 0 Å². The highest BCUT2D eigenvalue weighted by Crippen LogP contribution is 2.43. The molecule has 0 saturated heterocycles. The maximum atomic E-state index is 13.6. The zero-order chi connectivity index (χ0) is 62.1. The van der Waals surface area contributed by atoms with Gasteiger partial charge < -0.3 is 19.4 Å². The number of quaternary nitrogens is 1. The zero-order valence-corrected chi connectivity index (χ0v) is 57.0. The molecule has 85 heavy (non-hydrogen) atoms. The van der Waals surface area contributed by atoms with E-state index in [2.05, 4.69) is 123 Å². The molecule has 9 nitrogen and oxygen atoms in total. The number of hydrogen-bond donors (Lipinski definition) is 2. The number of allylic oxidation sites excluding steroid dienone is 17. The number of phosphoric ester groups is 1. The summed E-state index contributed by atoms with van der Waals surface area (Å²) in [5, 5.41) is 3.06. The number of carbonyl (C=O) groups excluding carboxylic acids is 2. The molecule has 2 N–H and O–H groups in total. The van der Waals surface area contributed by atoms with E-state index < -0.39 is 20.0 Å². The molecule has 0 radical (unpaired) electrons. The van der Waals surface area contributed by atoms with E-state index in [1.54, 1.807) is 0 Å². The second-order valence-corrected chi connectivity index (χ2v) is 26.1. The topological polar surface area (TPSA) is 111 Å². The van der Waals surface area contributed by atoms with E-state index in [-0.39, 0.29) is 31.5 Å². The predicted molar refractivity (Wildman–Crippen MR) is 369 cm³/mol. The summed E-state index contributed by atoms with van der Waals surface area (Å²) in [6, 6.07) is -0.870. The lowest BCUT2D eigenvalue weighted by Crippen LogP contribution is -2.47. The van der Waals surface area contributed by atoms with E-state index in [4.69, 9.17) is 13.8 Å². The first-order chi connectivity index (χ1) is 41.4. The fourth-order valence-electron chi connectivity index (χ4n) is 9.80. The molecule has 0 saturated carbocycles. The predicted octanol–water partition coefficient (Wildman–Crippen LogP) is 22.5. The summed E-state index contributed by atoms with van der Waals surface area (Å²) in [5.41, 5.74) is 0. The van der Waals surface area contributed by atoms with Crippen LogP contribution in [0.15, 0.2) is 109 Å². The summed E-state index contributed by atoms with van der Waals surface area (Å²) < 4.78 is 30.8. The molecule has 0 spiro atoms. The smallest absolute Gasteiger partial charge is 0.456 e. The Morgan fingerprint density at radius 3 is 1.16 bits per heavy atom. The molecule has 3 unspecified atom stereocenters. The van der Waals surface area contributed by atoms with Gasteiger partial charge in [0.15, 0.2) is 0 Å². The highest BCUT2D eigenvalue weighted by Gasteiger charge is 2.30. The molecule has 0 aliphatic heterocycles. The van der Waals surface area contributed by atoms with Crippen LogP contribution in [0.5, 0.6) is 0 Å².